The molecule has 0 aromatic heterocycles. The van der Waals surface area contributed by atoms with Crippen LogP contribution in [0.5, 0.6) is 11.5 Å². The fourth-order valence-electron chi connectivity index (χ4n) is 4.76. The van der Waals surface area contributed by atoms with Gasteiger partial charge in [0.05, 0.1) is 14.2 Å². The smallest absolute Gasteiger partial charge is 0.243 e. The summed E-state index contributed by atoms with van der Waals surface area (Å²) in [6.45, 7) is 0.784. The number of aryl methyl sites for hydroxylation is 1. The number of rotatable bonds is 14. The first-order valence-electron chi connectivity index (χ1n) is 14.0. The average molecular weight is 551 g/mol. The number of carbonyl (C=O) groups excluding carboxylic acids is 2. The van der Waals surface area contributed by atoms with E-state index in [0.29, 0.717) is 38.8 Å². The lowest BCUT2D eigenvalue weighted by Gasteiger charge is -2.32. The van der Waals surface area contributed by atoms with Crippen molar-refractivity contribution in [2.75, 3.05) is 20.8 Å². The molecule has 0 radical (unpaired) electrons. The van der Waals surface area contributed by atoms with Crippen LogP contribution in [0.1, 0.15) is 28.7 Å². The number of amides is 2. The van der Waals surface area contributed by atoms with Gasteiger partial charge in [-0.3, -0.25) is 9.59 Å². The van der Waals surface area contributed by atoms with Crippen LogP contribution in [0.2, 0.25) is 0 Å². The summed E-state index contributed by atoms with van der Waals surface area (Å²) in [4.78, 5) is 29.4. The quantitative estimate of drug-likeness (QED) is 0.221. The first-order valence-corrected chi connectivity index (χ1v) is 14.0. The normalized spacial score (nSPS) is 11.4. The van der Waals surface area contributed by atoms with Gasteiger partial charge in [-0.2, -0.15) is 0 Å². The van der Waals surface area contributed by atoms with Gasteiger partial charge in [0.1, 0.15) is 17.5 Å². The van der Waals surface area contributed by atoms with Crippen LogP contribution in [0.25, 0.3) is 0 Å². The fraction of sp³-hybridized carbons (Fsp3) is 0.257. The lowest BCUT2D eigenvalue weighted by molar-refractivity contribution is -0.141. The van der Waals surface area contributed by atoms with Gasteiger partial charge >= 0.3 is 0 Å². The highest BCUT2D eigenvalue weighted by Gasteiger charge is 2.30. The van der Waals surface area contributed by atoms with E-state index in [-0.39, 0.29) is 11.8 Å². The Morgan fingerprint density at radius 1 is 0.659 bits per heavy atom. The zero-order valence-corrected chi connectivity index (χ0v) is 23.8. The van der Waals surface area contributed by atoms with Gasteiger partial charge in [-0.15, -0.1) is 0 Å². The molecule has 4 aromatic carbocycles. The molecular weight excluding hydrogens is 512 g/mol. The molecule has 6 nitrogen and oxygen atoms in total. The molecule has 0 fully saturated rings. The summed E-state index contributed by atoms with van der Waals surface area (Å²) in [5, 5.41) is 3.11. The average Bonchev–Trinajstić information content (AvgIpc) is 3.03. The van der Waals surface area contributed by atoms with E-state index in [2.05, 4.69) is 5.32 Å². The predicted octanol–water partition coefficient (Wildman–Crippen LogP) is 5.64. The summed E-state index contributed by atoms with van der Waals surface area (Å²) in [5.74, 6) is 1.32. The van der Waals surface area contributed by atoms with Crippen LogP contribution in [0.4, 0.5) is 0 Å². The molecule has 6 heteroatoms. The minimum Gasteiger partial charge on any atom is -0.497 e. The van der Waals surface area contributed by atoms with E-state index in [4.69, 9.17) is 9.47 Å². The molecule has 0 aliphatic heterocycles. The molecule has 2 amide bonds. The number of hydrogen-bond donors (Lipinski definition) is 1. The van der Waals surface area contributed by atoms with Crippen molar-refractivity contribution in [2.45, 2.75) is 38.3 Å². The van der Waals surface area contributed by atoms with Crippen molar-refractivity contribution >= 4 is 11.8 Å². The van der Waals surface area contributed by atoms with Crippen LogP contribution in [0, 0.1) is 0 Å². The highest BCUT2D eigenvalue weighted by Crippen LogP contribution is 2.19. The summed E-state index contributed by atoms with van der Waals surface area (Å²) < 4.78 is 10.6. The van der Waals surface area contributed by atoms with Crippen LogP contribution in [-0.4, -0.2) is 43.5 Å². The Morgan fingerprint density at radius 3 is 1.73 bits per heavy atom. The van der Waals surface area contributed by atoms with Gasteiger partial charge in [0, 0.05) is 25.9 Å². The summed E-state index contributed by atoms with van der Waals surface area (Å²) in [6.07, 6.45) is 2.01. The number of benzene rings is 4. The van der Waals surface area contributed by atoms with Gasteiger partial charge < -0.3 is 19.7 Å². The SMILES string of the molecule is COc1ccc(CCNC(=O)C(Cc2ccccc2)N(Cc2ccc(OC)cc2)C(=O)CCc2ccccc2)cc1. The van der Waals surface area contributed by atoms with E-state index in [1.165, 1.54) is 0 Å². The van der Waals surface area contributed by atoms with E-state index in [0.717, 1.165) is 33.8 Å². The van der Waals surface area contributed by atoms with E-state index in [1.54, 1.807) is 19.1 Å². The van der Waals surface area contributed by atoms with Gasteiger partial charge in [0.2, 0.25) is 11.8 Å². The third-order valence-corrected chi connectivity index (χ3v) is 7.13. The first kappa shape index (κ1) is 29.4. The predicted molar refractivity (Wildman–Crippen MR) is 162 cm³/mol. The monoisotopic (exact) mass is 550 g/mol. The maximum absolute atomic E-state index is 13.8. The lowest BCUT2D eigenvalue weighted by Crippen LogP contribution is -2.50. The molecule has 41 heavy (non-hydrogen) atoms. The molecule has 0 aliphatic rings. The van der Waals surface area contributed by atoms with Crippen molar-refractivity contribution in [3.05, 3.63) is 131 Å². The van der Waals surface area contributed by atoms with E-state index in [1.807, 2.05) is 109 Å². The van der Waals surface area contributed by atoms with Crippen molar-refractivity contribution in [1.29, 1.82) is 0 Å². The van der Waals surface area contributed by atoms with Crippen LogP contribution < -0.4 is 14.8 Å². The van der Waals surface area contributed by atoms with Gasteiger partial charge in [0.15, 0.2) is 0 Å². The van der Waals surface area contributed by atoms with Crippen molar-refractivity contribution in [3.63, 3.8) is 0 Å². The van der Waals surface area contributed by atoms with E-state index >= 15 is 0 Å². The Bertz CT molecular complexity index is 1360. The van der Waals surface area contributed by atoms with Crippen molar-refractivity contribution in [3.8, 4) is 11.5 Å². The minimum atomic E-state index is -0.668. The minimum absolute atomic E-state index is 0.0593. The molecule has 4 rings (SSSR count). The fourth-order valence-corrected chi connectivity index (χ4v) is 4.76. The molecule has 0 heterocycles. The third kappa shape index (κ3) is 8.97. The van der Waals surface area contributed by atoms with Gasteiger partial charge in [0.25, 0.3) is 0 Å². The number of carbonyl (C=O) groups is 2. The first-order chi connectivity index (χ1) is 20.1. The lowest BCUT2D eigenvalue weighted by atomic mass is 10.0. The molecule has 0 saturated heterocycles. The van der Waals surface area contributed by atoms with Gasteiger partial charge in [-0.25, -0.2) is 0 Å². The number of methoxy groups -OCH3 is 2. The Morgan fingerprint density at radius 2 is 1.17 bits per heavy atom. The summed E-state index contributed by atoms with van der Waals surface area (Å²) in [5.41, 5.74) is 4.12. The molecule has 0 saturated carbocycles. The molecule has 4 aromatic rings. The van der Waals surface area contributed by atoms with Crippen LogP contribution >= 0.6 is 0 Å². The second-order valence-electron chi connectivity index (χ2n) is 9.95. The van der Waals surface area contributed by atoms with Gasteiger partial charge in [-0.1, -0.05) is 84.9 Å². The largest absolute Gasteiger partial charge is 0.497 e. The Labute approximate surface area is 242 Å². The van der Waals surface area contributed by atoms with Crippen LogP contribution in [0.3, 0.4) is 0 Å². The Balaban J connectivity index is 1.55. The molecular formula is C35H38N2O4. The molecule has 0 aliphatic carbocycles. The van der Waals surface area contributed by atoms with Crippen molar-refractivity contribution in [2.24, 2.45) is 0 Å². The molecule has 0 spiro atoms. The summed E-state index contributed by atoms with van der Waals surface area (Å²) in [7, 11) is 3.27. The number of nitrogens with zero attached hydrogens (tertiary/aromatic N) is 1. The molecule has 1 N–H and O–H groups in total. The number of ether oxygens (including phenoxy) is 2. The zero-order valence-electron chi connectivity index (χ0n) is 23.8. The number of nitrogens with one attached hydrogen (secondary N) is 1. The number of hydrogen-bond acceptors (Lipinski definition) is 4. The summed E-state index contributed by atoms with van der Waals surface area (Å²) >= 11 is 0. The standard InChI is InChI=1S/C35H38N2O4/c1-40-31-18-13-28(14-19-31)23-24-36-35(39)33(25-29-11-7-4-8-12-29)37(26-30-15-20-32(41-2)21-16-30)34(38)22-17-27-9-5-3-6-10-27/h3-16,18-21,33H,17,22-26H2,1-2H3,(H,36,39). The molecule has 1 atom stereocenters. The highest BCUT2D eigenvalue weighted by atomic mass is 16.5. The third-order valence-electron chi connectivity index (χ3n) is 7.13. The Hall–Kier alpha value is -4.58. The zero-order chi connectivity index (χ0) is 28.9. The van der Waals surface area contributed by atoms with Crippen molar-refractivity contribution in [1.82, 2.24) is 10.2 Å². The van der Waals surface area contributed by atoms with E-state index < -0.39 is 6.04 Å². The van der Waals surface area contributed by atoms with Crippen LogP contribution in [0.15, 0.2) is 109 Å². The van der Waals surface area contributed by atoms with Crippen LogP contribution in [-0.2, 0) is 35.4 Å². The Kier molecular flexibility index (Phi) is 11.0. The second kappa shape index (κ2) is 15.3. The highest BCUT2D eigenvalue weighted by molar-refractivity contribution is 5.88. The maximum Gasteiger partial charge on any atom is 0.243 e. The van der Waals surface area contributed by atoms with Crippen molar-refractivity contribution < 1.29 is 19.1 Å². The molecule has 212 valence electrons. The second-order valence-corrected chi connectivity index (χ2v) is 9.95. The van der Waals surface area contributed by atoms with E-state index in [9.17, 15) is 9.59 Å². The molecule has 1 unspecified atom stereocenters. The topological polar surface area (TPSA) is 67.9 Å². The maximum atomic E-state index is 13.8. The molecule has 0 bridgehead atoms. The van der Waals surface area contributed by atoms with Gasteiger partial charge in [-0.05, 0) is 59.4 Å². The summed E-state index contributed by atoms with van der Waals surface area (Å²) in [6, 6.07) is 34.6.